The van der Waals surface area contributed by atoms with E-state index in [-0.39, 0.29) is 23.5 Å². The lowest BCUT2D eigenvalue weighted by atomic mass is 10.1. The zero-order chi connectivity index (χ0) is 30.8. The number of methoxy groups -OCH3 is 3. The van der Waals surface area contributed by atoms with Crippen LogP contribution in [0, 0.1) is 23.5 Å². The molecule has 0 bridgehead atoms. The molecule has 228 valence electrons. The lowest BCUT2D eigenvalue weighted by Gasteiger charge is -2.26. The van der Waals surface area contributed by atoms with Crippen LogP contribution in [0.25, 0.3) is 0 Å². The molecule has 0 aliphatic carbocycles. The van der Waals surface area contributed by atoms with Crippen LogP contribution in [0.3, 0.4) is 0 Å². The summed E-state index contributed by atoms with van der Waals surface area (Å²) in [6.07, 6.45) is -0.230. The fourth-order valence-electron chi connectivity index (χ4n) is 5.05. The summed E-state index contributed by atoms with van der Waals surface area (Å²) in [5.41, 5.74) is 0.298. The number of benzene rings is 2. The first-order valence-corrected chi connectivity index (χ1v) is 14.7. The molecule has 0 saturated carbocycles. The van der Waals surface area contributed by atoms with E-state index in [0.29, 0.717) is 35.3 Å². The van der Waals surface area contributed by atoms with E-state index in [1.165, 1.54) is 38.5 Å². The van der Waals surface area contributed by atoms with E-state index < -0.39 is 49.9 Å². The van der Waals surface area contributed by atoms with Crippen LogP contribution in [0.1, 0.15) is 5.56 Å². The molecule has 3 aromatic rings. The van der Waals surface area contributed by atoms with Crippen LogP contribution in [0.15, 0.2) is 47.4 Å². The summed E-state index contributed by atoms with van der Waals surface area (Å²) < 4.78 is 90.6. The molecular formula is C28H32ClF3N4O5S. The summed E-state index contributed by atoms with van der Waals surface area (Å²) in [6.45, 7) is 0.848. The van der Waals surface area contributed by atoms with Crippen molar-refractivity contribution >= 4 is 33.1 Å². The second-order valence-electron chi connectivity index (χ2n) is 10.0. The molecule has 9 nitrogen and oxygen atoms in total. The molecule has 1 aliphatic rings. The Morgan fingerprint density at radius 1 is 1.05 bits per heavy atom. The van der Waals surface area contributed by atoms with Crippen LogP contribution < -0.4 is 18.7 Å². The van der Waals surface area contributed by atoms with Gasteiger partial charge in [0, 0.05) is 50.4 Å². The highest BCUT2D eigenvalue weighted by molar-refractivity contribution is 7.92. The van der Waals surface area contributed by atoms with E-state index >= 15 is 8.78 Å². The van der Waals surface area contributed by atoms with Gasteiger partial charge in [0.15, 0.2) is 10.7 Å². The van der Waals surface area contributed by atoms with Crippen LogP contribution in [0.5, 0.6) is 11.5 Å². The van der Waals surface area contributed by atoms with Crippen molar-refractivity contribution in [3.05, 3.63) is 70.6 Å². The molecule has 1 aromatic heterocycles. The van der Waals surface area contributed by atoms with Crippen LogP contribution in [-0.4, -0.2) is 79.5 Å². The molecule has 1 fully saturated rings. The lowest BCUT2D eigenvalue weighted by Crippen LogP contribution is -2.33. The normalized spacial score (nSPS) is 17.1. The summed E-state index contributed by atoms with van der Waals surface area (Å²) in [5.74, 6) is -3.55. The van der Waals surface area contributed by atoms with Crippen LogP contribution in [-0.2, 0) is 21.3 Å². The van der Waals surface area contributed by atoms with Crippen molar-refractivity contribution in [2.75, 3.05) is 64.3 Å². The van der Waals surface area contributed by atoms with Crippen LogP contribution in [0.2, 0.25) is 5.02 Å². The highest BCUT2D eigenvalue weighted by Crippen LogP contribution is 2.40. The van der Waals surface area contributed by atoms with Crippen molar-refractivity contribution in [1.29, 1.82) is 0 Å². The summed E-state index contributed by atoms with van der Waals surface area (Å²) in [6, 6.07) is 8.95. The number of aromatic nitrogens is 1. The van der Waals surface area contributed by atoms with Crippen LogP contribution >= 0.6 is 11.6 Å². The molecule has 4 rings (SSSR count). The molecule has 1 saturated heterocycles. The quantitative estimate of drug-likeness (QED) is 0.226. The zero-order valence-electron chi connectivity index (χ0n) is 23.8. The molecule has 0 unspecified atom stereocenters. The standard InChI is InChI=1S/C28H32ClF3N4O5S/c1-34(2)13-18-14-35(16-23(18)41-5)21-12-20(30)28(27(32)26(21)29)42(37,38)36(25-8-6-7-24(31)33-25)15-17-9-10-19(39-3)11-22(17)40-4/h6-12,18,23H,13-16H2,1-5H3/t18-,23+/m1/s1. The predicted molar refractivity (Wildman–Crippen MR) is 154 cm³/mol. The van der Waals surface area contributed by atoms with Gasteiger partial charge >= 0.3 is 0 Å². The Kier molecular flexibility index (Phi) is 9.76. The smallest absolute Gasteiger partial charge is 0.271 e. The number of ether oxygens (including phenoxy) is 3. The monoisotopic (exact) mass is 628 g/mol. The lowest BCUT2D eigenvalue weighted by molar-refractivity contribution is 0.0733. The Hall–Kier alpha value is -3.26. The fourth-order valence-corrected chi connectivity index (χ4v) is 6.89. The van der Waals surface area contributed by atoms with E-state index in [9.17, 15) is 12.8 Å². The van der Waals surface area contributed by atoms with Crippen molar-refractivity contribution in [3.8, 4) is 11.5 Å². The third-order valence-corrected chi connectivity index (χ3v) is 9.18. The van der Waals surface area contributed by atoms with Gasteiger partial charge in [-0.15, -0.1) is 0 Å². The number of hydrogen-bond acceptors (Lipinski definition) is 8. The first-order chi connectivity index (χ1) is 19.9. The molecule has 14 heteroatoms. The molecule has 42 heavy (non-hydrogen) atoms. The molecule has 1 aliphatic heterocycles. The average Bonchev–Trinajstić information content (AvgIpc) is 3.35. The van der Waals surface area contributed by atoms with Crippen molar-refractivity contribution in [3.63, 3.8) is 0 Å². The highest BCUT2D eigenvalue weighted by Gasteiger charge is 2.39. The average molecular weight is 629 g/mol. The van der Waals surface area contributed by atoms with Gasteiger partial charge in [-0.1, -0.05) is 17.7 Å². The molecular weight excluding hydrogens is 597 g/mol. The van der Waals surface area contributed by atoms with E-state index in [1.807, 2.05) is 19.0 Å². The Labute approximate surface area is 248 Å². The first-order valence-electron chi connectivity index (χ1n) is 12.9. The van der Waals surface area contributed by atoms with Crippen molar-refractivity contribution < 1.29 is 35.8 Å². The maximum Gasteiger partial charge on any atom is 0.271 e. The molecule has 2 heterocycles. The number of hydrogen-bond donors (Lipinski definition) is 0. The van der Waals surface area contributed by atoms with Gasteiger partial charge in [0.05, 0.1) is 32.6 Å². The maximum atomic E-state index is 15.9. The molecule has 0 amide bonds. The number of nitrogens with zero attached hydrogens (tertiary/aromatic N) is 4. The molecule has 2 atom stereocenters. The van der Waals surface area contributed by atoms with Gasteiger partial charge in [-0.2, -0.15) is 4.39 Å². The molecule has 2 aromatic carbocycles. The first kappa shape index (κ1) is 31.7. The van der Waals surface area contributed by atoms with Gasteiger partial charge in [-0.05, 0) is 38.4 Å². The number of rotatable bonds is 11. The maximum absolute atomic E-state index is 15.9. The van der Waals surface area contributed by atoms with Crippen molar-refractivity contribution in [2.24, 2.45) is 5.92 Å². The summed E-state index contributed by atoms with van der Waals surface area (Å²) in [5, 5.41) is -0.565. The second-order valence-corrected chi connectivity index (χ2v) is 12.2. The zero-order valence-corrected chi connectivity index (χ0v) is 25.3. The molecule has 0 radical (unpaired) electrons. The van der Waals surface area contributed by atoms with Gasteiger partial charge in [0.2, 0.25) is 5.95 Å². The van der Waals surface area contributed by atoms with E-state index in [4.69, 9.17) is 25.8 Å². The van der Waals surface area contributed by atoms with Crippen LogP contribution in [0.4, 0.5) is 24.7 Å². The summed E-state index contributed by atoms with van der Waals surface area (Å²) in [7, 11) is 3.14. The Bertz CT molecular complexity index is 1550. The van der Waals surface area contributed by atoms with Crippen molar-refractivity contribution in [2.45, 2.75) is 17.5 Å². The molecule has 0 spiro atoms. The number of pyridine rings is 1. The van der Waals surface area contributed by atoms with E-state index in [1.54, 1.807) is 18.1 Å². The van der Waals surface area contributed by atoms with Gasteiger partial charge in [-0.25, -0.2) is 26.5 Å². The number of sulfonamides is 1. The summed E-state index contributed by atoms with van der Waals surface area (Å²) >= 11 is 6.39. The van der Waals surface area contributed by atoms with Gasteiger partial charge in [0.1, 0.15) is 28.2 Å². The minimum absolute atomic E-state index is 0.00109. The fraction of sp³-hybridized carbons (Fsp3) is 0.393. The minimum atomic E-state index is -5.04. The van der Waals surface area contributed by atoms with E-state index in [2.05, 4.69) is 4.98 Å². The SMILES string of the molecule is COc1ccc(CN(c2cccc(F)n2)S(=O)(=O)c2c(F)cc(N3C[C@@H](CN(C)C)[C@@H](OC)C3)c(Cl)c2F)c(OC)c1. The number of anilines is 2. The summed E-state index contributed by atoms with van der Waals surface area (Å²) in [4.78, 5) is 6.03. The number of halogens is 4. The Morgan fingerprint density at radius 2 is 1.79 bits per heavy atom. The highest BCUT2D eigenvalue weighted by atomic mass is 35.5. The Balaban J connectivity index is 1.79. The second kappa shape index (κ2) is 12.9. The van der Waals surface area contributed by atoms with E-state index in [0.717, 1.165) is 12.1 Å². The van der Waals surface area contributed by atoms with Crippen molar-refractivity contribution in [1.82, 2.24) is 9.88 Å². The van der Waals surface area contributed by atoms with Gasteiger partial charge in [-0.3, -0.25) is 0 Å². The third-order valence-electron chi connectivity index (χ3n) is 7.03. The van der Waals surface area contributed by atoms with Gasteiger partial charge in [0.25, 0.3) is 10.0 Å². The predicted octanol–water partition coefficient (Wildman–Crippen LogP) is 4.58. The third kappa shape index (κ3) is 6.38. The molecule has 0 N–H and O–H groups in total. The minimum Gasteiger partial charge on any atom is -0.497 e. The van der Waals surface area contributed by atoms with Gasteiger partial charge < -0.3 is 24.0 Å². The largest absolute Gasteiger partial charge is 0.497 e. The topological polar surface area (TPSA) is 84.4 Å². The Morgan fingerprint density at radius 3 is 2.40 bits per heavy atom.